The Morgan fingerprint density at radius 2 is 1.52 bits per heavy atom. The molecule has 1 heterocycles. The molecule has 0 fully saturated rings. The molecule has 0 spiro atoms. The smallest absolute Gasteiger partial charge is 0.437 e. The van der Waals surface area contributed by atoms with E-state index >= 15 is 0 Å². The fourth-order valence-corrected chi connectivity index (χ4v) is 5.51. The highest BCUT2D eigenvalue weighted by Gasteiger charge is 2.39. The summed E-state index contributed by atoms with van der Waals surface area (Å²) in [5, 5.41) is 25.9. The van der Waals surface area contributed by atoms with Gasteiger partial charge in [0.05, 0.1) is 4.92 Å². The number of hydrogen-bond acceptors (Lipinski definition) is 13. The fraction of sp³-hybridized carbons (Fsp3) is 0.697. The summed E-state index contributed by atoms with van der Waals surface area (Å²) in [6.07, 6.45) is 4.49. The first-order valence-corrected chi connectivity index (χ1v) is 18.1. The van der Waals surface area contributed by atoms with Gasteiger partial charge in [0.2, 0.25) is 11.9 Å². The quantitative estimate of drug-likeness (QED) is 0.0378. The average Bonchev–Trinajstić information content (AvgIpc) is 3.47. The van der Waals surface area contributed by atoms with Crippen molar-refractivity contribution in [2.45, 2.75) is 130 Å². The Balaban J connectivity index is 1.87. The number of hydrogen-bond donors (Lipinski definition) is 5. The Kier molecular flexibility index (Phi) is 16.8. The van der Waals surface area contributed by atoms with Crippen molar-refractivity contribution in [3.63, 3.8) is 0 Å². The number of thioether (sulfide) groups is 1. The zero-order valence-electron chi connectivity index (χ0n) is 31.5. The minimum atomic E-state index is -0.925. The Bertz CT molecular complexity index is 1410. The standard InChI is InChI=1S/C33H54N8O10S/c1-31(2,3)48-28(43)36-21(15-14-19-35-27(37-29(44)49-32(4,5)6)38-30(45)50-33(7,8)9)26(42)34-18-12-10-11-13-20-52-23-17-16-22(41(46)47)24-25(23)40-51-39-24/h16-17,21,24,39H,10-15,18-20H2,1-9H3,(H,34,42)(H,36,43)(H2,35,37,38,44,45). The summed E-state index contributed by atoms with van der Waals surface area (Å²) in [5.74, 6) is 0.200. The zero-order valence-corrected chi connectivity index (χ0v) is 32.3. The van der Waals surface area contributed by atoms with Crippen LogP contribution in [0.5, 0.6) is 0 Å². The monoisotopic (exact) mass is 754 g/mol. The summed E-state index contributed by atoms with van der Waals surface area (Å²) < 4.78 is 15.8. The maximum Gasteiger partial charge on any atom is 0.437 e. The van der Waals surface area contributed by atoms with Crippen LogP contribution in [-0.4, -0.2) is 88.5 Å². The van der Waals surface area contributed by atoms with Gasteiger partial charge in [-0.15, -0.1) is 22.2 Å². The van der Waals surface area contributed by atoms with Gasteiger partial charge in [0.1, 0.15) is 28.6 Å². The van der Waals surface area contributed by atoms with Crippen molar-refractivity contribution < 1.29 is 43.3 Å². The number of alkyl carbamates (subject to hydrolysis) is 2. The highest BCUT2D eigenvalue weighted by atomic mass is 32.2. The number of rotatable bonds is 15. The van der Waals surface area contributed by atoms with Crippen molar-refractivity contribution in [2.24, 2.45) is 10.1 Å². The number of carbonyl (C=O) groups is 4. The fourth-order valence-electron chi connectivity index (χ4n) is 4.47. The molecule has 0 radical (unpaired) electrons. The van der Waals surface area contributed by atoms with Gasteiger partial charge in [0, 0.05) is 24.1 Å². The molecule has 2 rings (SSSR count). The molecule has 52 heavy (non-hydrogen) atoms. The Labute approximate surface area is 308 Å². The topological polar surface area (TPSA) is 233 Å². The lowest BCUT2D eigenvalue weighted by Gasteiger charge is -2.23. The predicted octanol–water partition coefficient (Wildman–Crippen LogP) is 4.79. The Hall–Kier alpha value is -4.39. The molecule has 2 aliphatic rings. The summed E-state index contributed by atoms with van der Waals surface area (Å²) >= 11 is 1.55. The number of nitro groups is 1. The molecule has 0 aromatic carbocycles. The SMILES string of the molecule is CC(C)(C)OC(=O)/N=C(/NCCCC(NC(=O)OC(C)(C)C)C(=O)NCCCCCCSC1=CC=C([N+](=O)[O-])C2NON=C12)NC(=O)OC(C)(C)C. The number of nitrogens with one attached hydrogen (secondary N) is 5. The number of ether oxygens (including phenoxy) is 3. The molecule has 2 unspecified atom stereocenters. The third-order valence-corrected chi connectivity index (χ3v) is 7.71. The number of unbranched alkanes of at least 4 members (excludes halogenated alkanes) is 3. The van der Waals surface area contributed by atoms with E-state index in [0.717, 1.165) is 29.9 Å². The molecule has 18 nitrogen and oxygen atoms in total. The normalized spacial score (nSPS) is 16.5. The highest BCUT2D eigenvalue weighted by molar-refractivity contribution is 8.04. The van der Waals surface area contributed by atoms with E-state index in [1.54, 1.807) is 80.2 Å². The molecule has 0 saturated carbocycles. The second-order valence-electron chi connectivity index (χ2n) is 14.9. The number of guanidine groups is 1. The third kappa shape index (κ3) is 17.7. The highest BCUT2D eigenvalue weighted by Crippen LogP contribution is 2.29. The number of hydroxylamine groups is 1. The lowest BCUT2D eigenvalue weighted by molar-refractivity contribution is -0.429. The maximum absolute atomic E-state index is 13.2. The second-order valence-corrected chi connectivity index (χ2v) is 16.0. The van der Waals surface area contributed by atoms with Crippen LogP contribution in [0, 0.1) is 10.1 Å². The zero-order chi connectivity index (χ0) is 39.1. The summed E-state index contributed by atoms with van der Waals surface area (Å²) in [7, 11) is 0. The molecule has 0 bridgehead atoms. The third-order valence-electron chi connectivity index (χ3n) is 6.57. The molecular formula is C33H54N8O10S. The molecule has 0 aromatic rings. The van der Waals surface area contributed by atoms with Gasteiger partial charge in [0.25, 0.3) is 5.70 Å². The largest absolute Gasteiger partial charge is 0.444 e. The number of oxime groups is 1. The molecule has 1 aliphatic heterocycles. The van der Waals surface area contributed by atoms with E-state index in [9.17, 15) is 29.3 Å². The predicted molar refractivity (Wildman–Crippen MR) is 196 cm³/mol. The van der Waals surface area contributed by atoms with Crippen LogP contribution in [0.25, 0.3) is 0 Å². The van der Waals surface area contributed by atoms with Crippen LogP contribution >= 0.6 is 11.8 Å². The molecule has 292 valence electrons. The molecule has 5 N–H and O–H groups in total. The van der Waals surface area contributed by atoms with Crippen molar-refractivity contribution in [3.8, 4) is 0 Å². The van der Waals surface area contributed by atoms with Crippen LogP contribution in [0.15, 0.2) is 32.9 Å². The second kappa shape index (κ2) is 20.0. The van der Waals surface area contributed by atoms with Gasteiger partial charge in [-0.25, -0.2) is 14.4 Å². The van der Waals surface area contributed by atoms with Crippen LogP contribution in [0.1, 0.15) is 101 Å². The van der Waals surface area contributed by atoms with E-state index in [-0.39, 0.29) is 30.5 Å². The van der Waals surface area contributed by atoms with Gasteiger partial charge >= 0.3 is 18.3 Å². The van der Waals surface area contributed by atoms with Crippen molar-refractivity contribution in [3.05, 3.63) is 32.9 Å². The first-order chi connectivity index (χ1) is 24.1. The van der Waals surface area contributed by atoms with Crippen molar-refractivity contribution in [1.82, 2.24) is 26.7 Å². The van der Waals surface area contributed by atoms with Crippen molar-refractivity contribution in [1.29, 1.82) is 0 Å². The molecular weight excluding hydrogens is 700 g/mol. The number of allylic oxidation sites excluding steroid dienone is 2. The number of nitrogens with zero attached hydrogens (tertiary/aromatic N) is 3. The van der Waals surface area contributed by atoms with E-state index in [1.165, 1.54) is 6.08 Å². The molecule has 2 atom stereocenters. The number of amides is 4. The van der Waals surface area contributed by atoms with Crippen LogP contribution in [0.4, 0.5) is 14.4 Å². The first-order valence-electron chi connectivity index (χ1n) is 17.1. The first kappa shape index (κ1) is 43.8. The molecule has 19 heteroatoms. The molecule has 0 aromatic heterocycles. The van der Waals surface area contributed by atoms with Gasteiger partial charge in [-0.05, 0) is 99.8 Å². The Morgan fingerprint density at radius 3 is 2.15 bits per heavy atom. The summed E-state index contributed by atoms with van der Waals surface area (Å²) in [6.45, 7) is 15.8. The van der Waals surface area contributed by atoms with E-state index < -0.39 is 52.1 Å². The number of aliphatic imine (C=N–C) groups is 1. The van der Waals surface area contributed by atoms with Gasteiger partial charge in [-0.3, -0.25) is 25.2 Å². The lowest BCUT2D eigenvalue weighted by atomic mass is 10.0. The van der Waals surface area contributed by atoms with Gasteiger partial charge in [0.15, 0.2) is 6.04 Å². The lowest BCUT2D eigenvalue weighted by Crippen LogP contribution is -2.49. The summed E-state index contributed by atoms with van der Waals surface area (Å²) in [6, 6.07) is -1.61. The van der Waals surface area contributed by atoms with Crippen LogP contribution in [-0.2, 0) is 23.9 Å². The van der Waals surface area contributed by atoms with Gasteiger partial charge in [-0.1, -0.05) is 18.0 Å². The minimum Gasteiger partial charge on any atom is -0.444 e. The van der Waals surface area contributed by atoms with Crippen LogP contribution in [0.2, 0.25) is 0 Å². The molecule has 0 saturated heterocycles. The molecule has 1 aliphatic carbocycles. The van der Waals surface area contributed by atoms with Crippen molar-refractivity contribution >= 4 is 47.6 Å². The van der Waals surface area contributed by atoms with Gasteiger partial charge < -0.3 is 30.2 Å². The van der Waals surface area contributed by atoms with E-state index in [2.05, 4.69) is 36.9 Å². The maximum atomic E-state index is 13.2. The van der Waals surface area contributed by atoms with Crippen LogP contribution in [0.3, 0.4) is 0 Å². The van der Waals surface area contributed by atoms with Crippen LogP contribution < -0.4 is 26.7 Å². The van der Waals surface area contributed by atoms with Gasteiger partial charge in [-0.2, -0.15) is 0 Å². The Morgan fingerprint density at radius 1 is 0.904 bits per heavy atom. The van der Waals surface area contributed by atoms with Crippen molar-refractivity contribution in [2.75, 3.05) is 18.8 Å². The summed E-state index contributed by atoms with van der Waals surface area (Å²) in [4.78, 5) is 70.7. The van der Waals surface area contributed by atoms with E-state index in [4.69, 9.17) is 19.1 Å². The minimum absolute atomic E-state index is 0.0191. The number of fused-ring (bicyclic) bond motifs is 1. The average molecular weight is 755 g/mol. The van der Waals surface area contributed by atoms with E-state index in [0.29, 0.717) is 25.1 Å². The van der Waals surface area contributed by atoms with E-state index in [1.807, 2.05) is 0 Å². The molecule has 4 amide bonds. The summed E-state index contributed by atoms with van der Waals surface area (Å²) in [5.41, 5.74) is 0.651. The number of carbonyl (C=O) groups excluding carboxylic acids is 4.